The summed E-state index contributed by atoms with van der Waals surface area (Å²) >= 11 is 0. The van der Waals surface area contributed by atoms with Gasteiger partial charge in [0.15, 0.2) is 5.69 Å². The highest BCUT2D eigenvalue weighted by molar-refractivity contribution is 5.92. The van der Waals surface area contributed by atoms with Gasteiger partial charge < -0.3 is 10.6 Å². The average Bonchev–Trinajstić information content (AvgIpc) is 3.28. The Morgan fingerprint density at radius 3 is 2.67 bits per heavy atom. The fourth-order valence-corrected chi connectivity index (χ4v) is 2.52. The van der Waals surface area contributed by atoms with Crippen LogP contribution in [0.1, 0.15) is 36.2 Å². The average molecular weight is 246 g/mol. The molecular weight excluding hydrogens is 228 g/mol. The third-order valence-electron chi connectivity index (χ3n) is 4.09. The lowest BCUT2D eigenvalue weighted by Gasteiger charge is -2.14. The fourth-order valence-electron chi connectivity index (χ4n) is 2.52. The van der Waals surface area contributed by atoms with E-state index in [9.17, 15) is 4.79 Å². The molecule has 2 aliphatic carbocycles. The zero-order chi connectivity index (χ0) is 12.6. The molecule has 0 atom stereocenters. The molecule has 2 fully saturated rings. The maximum absolute atomic E-state index is 11.9. The lowest BCUT2D eigenvalue weighted by Crippen LogP contribution is -2.31. The van der Waals surface area contributed by atoms with Crippen molar-refractivity contribution >= 4 is 11.7 Å². The molecule has 3 rings (SSSR count). The highest BCUT2D eigenvalue weighted by atomic mass is 16.1. The van der Waals surface area contributed by atoms with Crippen molar-refractivity contribution < 1.29 is 4.79 Å². The van der Waals surface area contributed by atoms with E-state index in [0.717, 1.165) is 12.5 Å². The summed E-state index contributed by atoms with van der Waals surface area (Å²) in [5.41, 5.74) is 0.814. The second-order valence-corrected chi connectivity index (χ2v) is 5.37. The van der Waals surface area contributed by atoms with Crippen LogP contribution in [-0.4, -0.2) is 29.7 Å². The summed E-state index contributed by atoms with van der Waals surface area (Å²) in [5.74, 6) is 1.41. The first-order valence-corrected chi connectivity index (χ1v) is 6.53. The van der Waals surface area contributed by atoms with Crippen molar-refractivity contribution in [2.24, 2.45) is 11.3 Å². The summed E-state index contributed by atoms with van der Waals surface area (Å²) in [6, 6.07) is 3.46. The van der Waals surface area contributed by atoms with E-state index in [1.807, 2.05) is 0 Å². The molecular formula is C13H18N4O. The van der Waals surface area contributed by atoms with Gasteiger partial charge in [-0.25, -0.2) is 0 Å². The molecule has 0 unspecified atom stereocenters. The molecule has 0 radical (unpaired) electrons. The van der Waals surface area contributed by atoms with Gasteiger partial charge in [-0.3, -0.25) is 4.79 Å². The van der Waals surface area contributed by atoms with Gasteiger partial charge in [0, 0.05) is 13.6 Å². The van der Waals surface area contributed by atoms with E-state index in [2.05, 4.69) is 20.8 Å². The summed E-state index contributed by atoms with van der Waals surface area (Å²) in [7, 11) is 1.77. The smallest absolute Gasteiger partial charge is 0.271 e. The molecule has 5 nitrogen and oxygen atoms in total. The van der Waals surface area contributed by atoms with Crippen LogP contribution in [0.25, 0.3) is 0 Å². The van der Waals surface area contributed by atoms with Gasteiger partial charge >= 0.3 is 0 Å². The van der Waals surface area contributed by atoms with Crippen molar-refractivity contribution in [1.29, 1.82) is 0 Å². The van der Waals surface area contributed by atoms with Crippen LogP contribution >= 0.6 is 0 Å². The number of nitrogens with zero attached hydrogens (tertiary/aromatic N) is 2. The van der Waals surface area contributed by atoms with Gasteiger partial charge in [0.25, 0.3) is 5.91 Å². The van der Waals surface area contributed by atoms with Crippen LogP contribution in [0.4, 0.5) is 5.82 Å². The number of hydrogen-bond acceptors (Lipinski definition) is 4. The Morgan fingerprint density at radius 2 is 2.17 bits per heavy atom. The van der Waals surface area contributed by atoms with E-state index >= 15 is 0 Å². The molecule has 1 amide bonds. The molecule has 1 aromatic heterocycles. The van der Waals surface area contributed by atoms with Gasteiger partial charge in [0.05, 0.1) is 0 Å². The van der Waals surface area contributed by atoms with Crippen LogP contribution in [0.15, 0.2) is 12.1 Å². The summed E-state index contributed by atoms with van der Waals surface area (Å²) in [4.78, 5) is 11.9. The predicted octanol–water partition coefficient (Wildman–Crippen LogP) is 1.44. The summed E-state index contributed by atoms with van der Waals surface area (Å²) in [5, 5.41) is 13.7. The molecule has 0 bridgehead atoms. The van der Waals surface area contributed by atoms with Crippen molar-refractivity contribution in [2.45, 2.75) is 25.7 Å². The number of anilines is 1. The molecule has 18 heavy (non-hydrogen) atoms. The third kappa shape index (κ3) is 2.17. The molecule has 2 N–H and O–H groups in total. The minimum absolute atomic E-state index is 0.114. The number of carbonyl (C=O) groups excluding carboxylic acids is 1. The molecule has 2 saturated carbocycles. The first kappa shape index (κ1) is 11.4. The van der Waals surface area contributed by atoms with Gasteiger partial charge in [0.1, 0.15) is 5.82 Å². The van der Waals surface area contributed by atoms with Gasteiger partial charge in [-0.15, -0.1) is 10.2 Å². The number of hydrogen-bond donors (Lipinski definition) is 2. The van der Waals surface area contributed by atoms with Crippen molar-refractivity contribution in [3.05, 3.63) is 17.8 Å². The van der Waals surface area contributed by atoms with Crippen LogP contribution in [-0.2, 0) is 0 Å². The van der Waals surface area contributed by atoms with Crippen molar-refractivity contribution in [3.63, 3.8) is 0 Å². The maximum atomic E-state index is 11.9. The lowest BCUT2D eigenvalue weighted by atomic mass is 10.0. The first-order valence-electron chi connectivity index (χ1n) is 6.53. The quantitative estimate of drug-likeness (QED) is 0.825. The number of amides is 1. The largest absolute Gasteiger partial charge is 0.372 e. The third-order valence-corrected chi connectivity index (χ3v) is 4.09. The lowest BCUT2D eigenvalue weighted by molar-refractivity contribution is 0.0936. The van der Waals surface area contributed by atoms with E-state index in [0.29, 0.717) is 16.9 Å². The standard InChI is InChI=1S/C13H18N4O/c1-14-11-5-4-10(16-17-11)12(18)15-8-13(6-7-13)9-2-3-9/h4-5,9H,2-3,6-8H2,1H3,(H,14,17)(H,15,18). The Morgan fingerprint density at radius 1 is 1.39 bits per heavy atom. The van der Waals surface area contributed by atoms with Crippen LogP contribution in [0.2, 0.25) is 0 Å². The number of carbonyl (C=O) groups is 1. The zero-order valence-corrected chi connectivity index (χ0v) is 10.6. The normalized spacial score (nSPS) is 20.3. The fraction of sp³-hybridized carbons (Fsp3) is 0.615. The first-order chi connectivity index (χ1) is 8.73. The molecule has 1 heterocycles. The molecule has 2 aliphatic rings. The number of nitrogens with one attached hydrogen (secondary N) is 2. The van der Waals surface area contributed by atoms with E-state index in [-0.39, 0.29) is 5.91 Å². The highest BCUT2D eigenvalue weighted by Crippen LogP contribution is 2.60. The monoisotopic (exact) mass is 246 g/mol. The summed E-state index contributed by atoms with van der Waals surface area (Å²) < 4.78 is 0. The van der Waals surface area contributed by atoms with Crippen LogP contribution in [0.5, 0.6) is 0 Å². The van der Waals surface area contributed by atoms with Gasteiger partial charge in [-0.2, -0.15) is 0 Å². The van der Waals surface area contributed by atoms with Crippen molar-refractivity contribution in [1.82, 2.24) is 15.5 Å². The second-order valence-electron chi connectivity index (χ2n) is 5.37. The van der Waals surface area contributed by atoms with Crippen molar-refractivity contribution in [2.75, 3.05) is 18.9 Å². The van der Waals surface area contributed by atoms with E-state index in [1.54, 1.807) is 19.2 Å². The summed E-state index contributed by atoms with van der Waals surface area (Å²) in [6.45, 7) is 0.798. The Bertz CT molecular complexity index is 449. The Kier molecular flexibility index (Phi) is 2.69. The molecule has 0 aliphatic heterocycles. The van der Waals surface area contributed by atoms with E-state index in [4.69, 9.17) is 0 Å². The molecule has 0 spiro atoms. The zero-order valence-electron chi connectivity index (χ0n) is 10.6. The minimum Gasteiger partial charge on any atom is -0.372 e. The highest BCUT2D eigenvalue weighted by Gasteiger charge is 2.53. The molecule has 96 valence electrons. The van der Waals surface area contributed by atoms with Crippen LogP contribution < -0.4 is 10.6 Å². The van der Waals surface area contributed by atoms with Gasteiger partial charge in [-0.1, -0.05) is 0 Å². The van der Waals surface area contributed by atoms with E-state index < -0.39 is 0 Å². The molecule has 5 heteroatoms. The SMILES string of the molecule is CNc1ccc(C(=O)NCC2(C3CC3)CC2)nn1. The second kappa shape index (κ2) is 4.23. The van der Waals surface area contributed by atoms with Crippen LogP contribution in [0, 0.1) is 11.3 Å². The topological polar surface area (TPSA) is 66.9 Å². The maximum Gasteiger partial charge on any atom is 0.271 e. The Hall–Kier alpha value is -1.65. The van der Waals surface area contributed by atoms with E-state index in [1.165, 1.54) is 25.7 Å². The summed E-state index contributed by atoms with van der Waals surface area (Å²) in [6.07, 6.45) is 5.21. The number of aromatic nitrogens is 2. The molecule has 0 aromatic carbocycles. The molecule has 0 saturated heterocycles. The number of rotatable bonds is 5. The Balaban J connectivity index is 1.57. The Labute approximate surface area is 106 Å². The molecule has 1 aromatic rings. The van der Waals surface area contributed by atoms with Crippen LogP contribution in [0.3, 0.4) is 0 Å². The van der Waals surface area contributed by atoms with Gasteiger partial charge in [0.2, 0.25) is 0 Å². The van der Waals surface area contributed by atoms with Gasteiger partial charge in [-0.05, 0) is 49.1 Å². The predicted molar refractivity (Wildman–Crippen MR) is 68.3 cm³/mol. The van der Waals surface area contributed by atoms with Crippen molar-refractivity contribution in [3.8, 4) is 0 Å². The minimum atomic E-state index is -0.114.